The maximum atomic E-state index is 13.9. The molecule has 0 amide bonds. The Morgan fingerprint density at radius 3 is 1.18 bits per heavy atom. The van der Waals surface area contributed by atoms with Crippen molar-refractivity contribution in [2.45, 2.75) is 12.8 Å². The van der Waals surface area contributed by atoms with Crippen LogP contribution in [0.15, 0.2) is 109 Å². The van der Waals surface area contributed by atoms with Crippen molar-refractivity contribution in [3.63, 3.8) is 0 Å². The van der Waals surface area contributed by atoms with Gasteiger partial charge in [-0.15, -0.1) is 0 Å². The van der Waals surface area contributed by atoms with Crippen molar-refractivity contribution in [3.05, 3.63) is 131 Å². The van der Waals surface area contributed by atoms with Gasteiger partial charge in [0.05, 0.1) is 0 Å². The van der Waals surface area contributed by atoms with Crippen molar-refractivity contribution in [1.82, 2.24) is 0 Å². The minimum atomic E-state index is 0.153. The lowest BCUT2D eigenvalue weighted by Crippen LogP contribution is -2.17. The second-order valence-corrected chi connectivity index (χ2v) is 12.7. The van der Waals surface area contributed by atoms with E-state index < -0.39 is 0 Å². The topological polar surface area (TPSA) is 34.1 Å². The predicted molar refractivity (Wildman–Crippen MR) is 181 cm³/mol. The molecule has 2 aliphatic rings. The zero-order valence-corrected chi connectivity index (χ0v) is 23.6. The molecule has 0 heterocycles. The van der Waals surface area contributed by atoms with E-state index in [0.717, 1.165) is 66.1 Å². The largest absolute Gasteiger partial charge is 0.294 e. The molecule has 0 unspecified atom stereocenters. The Hall–Kier alpha value is -5.60. The molecule has 9 aromatic rings. The minimum Gasteiger partial charge on any atom is -0.294 e. The fourth-order valence-corrected chi connectivity index (χ4v) is 8.62. The highest BCUT2D eigenvalue weighted by Crippen LogP contribution is 2.49. The van der Waals surface area contributed by atoms with Gasteiger partial charge in [0.15, 0.2) is 11.6 Å². The molecule has 0 fully saturated rings. The van der Waals surface area contributed by atoms with Gasteiger partial charge in [0, 0.05) is 35.1 Å². The first-order valence-electron chi connectivity index (χ1n) is 15.3. The molecule has 0 saturated carbocycles. The van der Waals surface area contributed by atoms with Gasteiger partial charge in [-0.1, -0.05) is 84.9 Å². The molecular formula is C42H22O2. The molecule has 0 radical (unpaired) electrons. The first-order chi connectivity index (χ1) is 21.6. The molecule has 2 heteroatoms. The quantitative estimate of drug-likeness (QED) is 0.174. The number of carbonyl (C=O) groups excluding carboxylic acids is 2. The average molecular weight is 559 g/mol. The number of Topliss-reactive ketones (excluding diaryl/α,β-unsaturated/α-hetero) is 2. The highest BCUT2D eigenvalue weighted by Gasteiger charge is 2.32. The van der Waals surface area contributed by atoms with Gasteiger partial charge in [0.1, 0.15) is 0 Å². The Balaban J connectivity index is 1.24. The Kier molecular flexibility index (Phi) is 3.99. The van der Waals surface area contributed by atoms with Crippen molar-refractivity contribution in [2.75, 3.05) is 0 Å². The summed E-state index contributed by atoms with van der Waals surface area (Å²) in [4.78, 5) is 27.7. The fraction of sp³-hybridized carbons (Fsp3) is 0.0476. The van der Waals surface area contributed by atoms with Crippen LogP contribution in [0.4, 0.5) is 0 Å². The van der Waals surface area contributed by atoms with Gasteiger partial charge < -0.3 is 0 Å². The van der Waals surface area contributed by atoms with Crippen molar-refractivity contribution in [1.29, 1.82) is 0 Å². The van der Waals surface area contributed by atoms with Gasteiger partial charge in [-0.2, -0.15) is 0 Å². The maximum Gasteiger partial charge on any atom is 0.167 e. The van der Waals surface area contributed by atoms with E-state index in [0.29, 0.717) is 12.8 Å². The average Bonchev–Trinajstić information content (AvgIpc) is 3.05. The second kappa shape index (κ2) is 7.67. The van der Waals surface area contributed by atoms with Crippen LogP contribution in [-0.2, 0) is 12.8 Å². The molecular weight excluding hydrogens is 536 g/mol. The zero-order chi connectivity index (χ0) is 28.8. The summed E-state index contributed by atoms with van der Waals surface area (Å²) in [6, 6.07) is 38.9. The number of rotatable bonds is 0. The van der Waals surface area contributed by atoms with Crippen LogP contribution < -0.4 is 0 Å². The van der Waals surface area contributed by atoms with E-state index in [1.165, 1.54) is 43.1 Å². The number of carbonyl (C=O) groups is 2. The lowest BCUT2D eigenvalue weighted by atomic mass is 9.74. The van der Waals surface area contributed by atoms with Gasteiger partial charge in [-0.25, -0.2) is 0 Å². The molecule has 0 spiro atoms. The van der Waals surface area contributed by atoms with E-state index in [-0.39, 0.29) is 11.6 Å². The minimum absolute atomic E-state index is 0.153. The van der Waals surface area contributed by atoms with Gasteiger partial charge in [-0.05, 0) is 111 Å². The summed E-state index contributed by atoms with van der Waals surface area (Å²) in [5.41, 5.74) is 7.86. The molecule has 0 atom stereocenters. The van der Waals surface area contributed by atoms with E-state index in [2.05, 4.69) is 109 Å². The molecule has 11 rings (SSSR count). The van der Waals surface area contributed by atoms with Crippen molar-refractivity contribution in [3.8, 4) is 22.3 Å². The number of hydrogen-bond acceptors (Lipinski definition) is 2. The van der Waals surface area contributed by atoms with E-state index in [1.54, 1.807) is 0 Å². The van der Waals surface area contributed by atoms with E-state index >= 15 is 0 Å². The van der Waals surface area contributed by atoms with Gasteiger partial charge in [0.2, 0.25) is 0 Å². The lowest BCUT2D eigenvalue weighted by molar-refractivity contribution is 0.0982. The van der Waals surface area contributed by atoms with Gasteiger partial charge >= 0.3 is 0 Å². The smallest absolute Gasteiger partial charge is 0.167 e. The molecule has 0 aromatic heterocycles. The third-order valence-electron chi connectivity index (χ3n) is 10.5. The third-order valence-corrected chi connectivity index (χ3v) is 10.5. The fourth-order valence-electron chi connectivity index (χ4n) is 8.62. The molecule has 2 nitrogen and oxygen atoms in total. The van der Waals surface area contributed by atoms with E-state index in [9.17, 15) is 9.59 Å². The Labute approximate surface area is 251 Å². The maximum absolute atomic E-state index is 13.9. The molecule has 0 N–H and O–H groups in total. The zero-order valence-electron chi connectivity index (χ0n) is 23.6. The summed E-state index contributed by atoms with van der Waals surface area (Å²) < 4.78 is 0. The highest BCUT2D eigenvalue weighted by atomic mass is 16.1. The number of hydrogen-bond donors (Lipinski definition) is 0. The molecule has 44 heavy (non-hydrogen) atoms. The van der Waals surface area contributed by atoms with Crippen molar-refractivity contribution in [2.24, 2.45) is 0 Å². The molecule has 0 saturated heterocycles. The van der Waals surface area contributed by atoms with Gasteiger partial charge in [0.25, 0.3) is 0 Å². The van der Waals surface area contributed by atoms with Gasteiger partial charge in [-0.3, -0.25) is 9.59 Å². The molecule has 9 aromatic carbocycles. The summed E-state index contributed by atoms with van der Waals surface area (Å²) in [5, 5.41) is 14.2. The molecule has 2 aliphatic carbocycles. The standard InChI is InChI=1S/C42H22O2/c43-35-19-27-18-32-28(17-31(27)41-29-13-11-23-5-1-3-21-7-9-25(15-33(35)41)39(29)37(21)23)20-36(44)34-16-26-10-8-22-4-2-6-24-12-14-30(42(32)34)40(26)38(22)24/h1-18H,19-20H2. The summed E-state index contributed by atoms with van der Waals surface area (Å²) in [5.74, 6) is 0.306. The third kappa shape index (κ3) is 2.68. The summed E-state index contributed by atoms with van der Waals surface area (Å²) >= 11 is 0. The van der Waals surface area contributed by atoms with E-state index in [4.69, 9.17) is 0 Å². The number of ketones is 2. The monoisotopic (exact) mass is 558 g/mol. The first kappa shape index (κ1) is 22.9. The van der Waals surface area contributed by atoms with Crippen LogP contribution in [0.25, 0.3) is 86.9 Å². The van der Waals surface area contributed by atoms with Crippen LogP contribution in [0.1, 0.15) is 31.8 Å². The highest BCUT2D eigenvalue weighted by molar-refractivity contribution is 6.31. The van der Waals surface area contributed by atoms with Crippen molar-refractivity contribution >= 4 is 76.2 Å². The predicted octanol–water partition coefficient (Wildman–Crippen LogP) is 10.3. The lowest BCUT2D eigenvalue weighted by Gasteiger charge is -2.28. The second-order valence-electron chi connectivity index (χ2n) is 12.7. The molecule has 0 bridgehead atoms. The Morgan fingerprint density at radius 1 is 0.364 bits per heavy atom. The van der Waals surface area contributed by atoms with Crippen LogP contribution in [0.3, 0.4) is 0 Å². The van der Waals surface area contributed by atoms with Crippen LogP contribution >= 0.6 is 0 Å². The van der Waals surface area contributed by atoms with Crippen LogP contribution in [0.2, 0.25) is 0 Å². The normalized spacial score (nSPS) is 14.3. The van der Waals surface area contributed by atoms with Crippen LogP contribution in [-0.4, -0.2) is 11.6 Å². The number of benzene rings is 9. The Bertz CT molecular complexity index is 2570. The number of fused-ring (bicyclic) bond motifs is 8. The molecule has 0 aliphatic heterocycles. The van der Waals surface area contributed by atoms with E-state index in [1.807, 2.05) is 0 Å². The summed E-state index contributed by atoms with van der Waals surface area (Å²) in [6.45, 7) is 0. The van der Waals surface area contributed by atoms with Crippen molar-refractivity contribution < 1.29 is 9.59 Å². The SMILES string of the molecule is O=C1Cc2cc3c(cc2-c2c1cc1ccc4cccc5ccc2c1c45)CC(=O)c1cc2ccc4cccc5ccc(c1-3)c2c45. The Morgan fingerprint density at radius 2 is 0.750 bits per heavy atom. The first-order valence-corrected chi connectivity index (χ1v) is 15.3. The summed E-state index contributed by atoms with van der Waals surface area (Å²) in [6.07, 6.45) is 0.719. The molecule has 202 valence electrons. The van der Waals surface area contributed by atoms with Crippen LogP contribution in [0.5, 0.6) is 0 Å². The summed E-state index contributed by atoms with van der Waals surface area (Å²) in [7, 11) is 0. The van der Waals surface area contributed by atoms with Crippen LogP contribution in [0, 0.1) is 0 Å².